The van der Waals surface area contributed by atoms with Gasteiger partial charge >= 0.3 is 0 Å². The SMILES string of the molecule is O=Cc1ccc(N(C2CC2)C2CC2)cc1. The van der Waals surface area contributed by atoms with Gasteiger partial charge < -0.3 is 4.90 Å². The first-order valence-electron chi connectivity index (χ1n) is 5.72. The number of rotatable bonds is 4. The average molecular weight is 201 g/mol. The van der Waals surface area contributed by atoms with Gasteiger partial charge in [-0.25, -0.2) is 0 Å². The van der Waals surface area contributed by atoms with Gasteiger partial charge in [0.1, 0.15) is 6.29 Å². The number of anilines is 1. The average Bonchev–Trinajstić information content (AvgIpc) is 3.14. The minimum atomic E-state index is 0.769. The third-order valence-corrected chi connectivity index (χ3v) is 3.21. The van der Waals surface area contributed by atoms with Gasteiger partial charge in [0, 0.05) is 23.3 Å². The number of hydrogen-bond acceptors (Lipinski definition) is 2. The minimum absolute atomic E-state index is 0.769. The fourth-order valence-corrected chi connectivity index (χ4v) is 2.15. The second-order valence-corrected chi connectivity index (χ2v) is 4.58. The first kappa shape index (κ1) is 8.96. The minimum Gasteiger partial charge on any atom is -0.366 e. The van der Waals surface area contributed by atoms with E-state index >= 15 is 0 Å². The smallest absolute Gasteiger partial charge is 0.150 e. The Morgan fingerprint density at radius 2 is 1.53 bits per heavy atom. The van der Waals surface area contributed by atoms with Gasteiger partial charge in [0.05, 0.1) is 0 Å². The van der Waals surface area contributed by atoms with Crippen LogP contribution in [0.1, 0.15) is 36.0 Å². The Balaban J connectivity index is 1.85. The lowest BCUT2D eigenvalue weighted by molar-refractivity contribution is 0.112. The molecule has 0 N–H and O–H groups in total. The van der Waals surface area contributed by atoms with E-state index in [-0.39, 0.29) is 0 Å². The monoisotopic (exact) mass is 201 g/mol. The van der Waals surface area contributed by atoms with Crippen molar-refractivity contribution in [2.24, 2.45) is 0 Å². The van der Waals surface area contributed by atoms with Crippen LogP contribution in [0.2, 0.25) is 0 Å². The molecule has 0 unspecified atom stereocenters. The molecule has 2 heteroatoms. The fraction of sp³-hybridized carbons (Fsp3) is 0.462. The van der Waals surface area contributed by atoms with Crippen molar-refractivity contribution in [1.82, 2.24) is 0 Å². The standard InChI is InChI=1S/C13H15NO/c15-9-10-1-3-11(4-2-10)14(12-5-6-12)13-7-8-13/h1-4,9,12-13H,5-8H2. The summed E-state index contributed by atoms with van der Waals surface area (Å²) in [4.78, 5) is 13.1. The van der Waals surface area contributed by atoms with E-state index in [1.807, 2.05) is 12.1 Å². The zero-order valence-corrected chi connectivity index (χ0v) is 8.73. The van der Waals surface area contributed by atoms with Crippen molar-refractivity contribution in [1.29, 1.82) is 0 Å². The quantitative estimate of drug-likeness (QED) is 0.698. The number of hydrogen-bond donors (Lipinski definition) is 0. The first-order valence-corrected chi connectivity index (χ1v) is 5.72. The van der Waals surface area contributed by atoms with E-state index in [9.17, 15) is 4.79 Å². The van der Waals surface area contributed by atoms with Crippen LogP contribution in [0.5, 0.6) is 0 Å². The van der Waals surface area contributed by atoms with Gasteiger partial charge in [0.25, 0.3) is 0 Å². The van der Waals surface area contributed by atoms with Crippen LogP contribution < -0.4 is 4.90 Å². The predicted octanol–water partition coefficient (Wildman–Crippen LogP) is 2.63. The van der Waals surface area contributed by atoms with Gasteiger partial charge in [-0.15, -0.1) is 0 Å². The van der Waals surface area contributed by atoms with E-state index in [1.165, 1.54) is 31.4 Å². The zero-order valence-electron chi connectivity index (χ0n) is 8.73. The molecular formula is C13H15NO. The summed E-state index contributed by atoms with van der Waals surface area (Å²) in [5.41, 5.74) is 2.07. The summed E-state index contributed by atoms with van der Waals surface area (Å²) in [5, 5.41) is 0. The molecule has 78 valence electrons. The van der Waals surface area contributed by atoms with Crippen LogP contribution >= 0.6 is 0 Å². The van der Waals surface area contributed by atoms with Gasteiger partial charge in [-0.1, -0.05) is 0 Å². The fourth-order valence-electron chi connectivity index (χ4n) is 2.15. The van der Waals surface area contributed by atoms with Crippen LogP contribution in [-0.4, -0.2) is 18.4 Å². The van der Waals surface area contributed by atoms with Crippen molar-refractivity contribution in [3.05, 3.63) is 29.8 Å². The van der Waals surface area contributed by atoms with E-state index in [4.69, 9.17) is 0 Å². The number of carbonyl (C=O) groups excluding carboxylic acids is 1. The topological polar surface area (TPSA) is 20.3 Å². The summed E-state index contributed by atoms with van der Waals surface area (Å²) in [6.45, 7) is 0. The van der Waals surface area contributed by atoms with Crippen molar-refractivity contribution in [2.45, 2.75) is 37.8 Å². The lowest BCUT2D eigenvalue weighted by atomic mass is 10.2. The maximum absolute atomic E-state index is 10.6. The van der Waals surface area contributed by atoms with Gasteiger partial charge in [-0.3, -0.25) is 4.79 Å². The van der Waals surface area contributed by atoms with E-state index in [0.717, 1.165) is 23.9 Å². The van der Waals surface area contributed by atoms with E-state index < -0.39 is 0 Å². The van der Waals surface area contributed by atoms with Crippen molar-refractivity contribution in [3.8, 4) is 0 Å². The Bertz CT molecular complexity index is 351. The van der Waals surface area contributed by atoms with Crippen LogP contribution in [0.15, 0.2) is 24.3 Å². The van der Waals surface area contributed by atoms with E-state index in [0.29, 0.717) is 0 Å². The summed E-state index contributed by atoms with van der Waals surface area (Å²) in [7, 11) is 0. The Morgan fingerprint density at radius 1 is 1.00 bits per heavy atom. The molecule has 0 bridgehead atoms. The molecule has 0 heterocycles. The van der Waals surface area contributed by atoms with Crippen LogP contribution in [0, 0.1) is 0 Å². The van der Waals surface area contributed by atoms with Crippen molar-refractivity contribution >= 4 is 12.0 Å². The maximum Gasteiger partial charge on any atom is 0.150 e. The number of benzene rings is 1. The van der Waals surface area contributed by atoms with Crippen molar-refractivity contribution < 1.29 is 4.79 Å². The molecule has 2 nitrogen and oxygen atoms in total. The lowest BCUT2D eigenvalue weighted by Crippen LogP contribution is -2.27. The molecule has 15 heavy (non-hydrogen) atoms. The highest BCUT2D eigenvalue weighted by molar-refractivity contribution is 5.75. The van der Waals surface area contributed by atoms with Crippen molar-refractivity contribution in [3.63, 3.8) is 0 Å². The molecular weight excluding hydrogens is 186 g/mol. The number of carbonyl (C=O) groups is 1. The second-order valence-electron chi connectivity index (χ2n) is 4.58. The largest absolute Gasteiger partial charge is 0.366 e. The maximum atomic E-state index is 10.6. The molecule has 1 aromatic carbocycles. The van der Waals surface area contributed by atoms with E-state index in [2.05, 4.69) is 17.0 Å². The molecule has 3 rings (SSSR count). The molecule has 0 aliphatic heterocycles. The highest BCUT2D eigenvalue weighted by Gasteiger charge is 2.38. The predicted molar refractivity (Wildman–Crippen MR) is 60.4 cm³/mol. The Labute approximate surface area is 89.9 Å². The lowest BCUT2D eigenvalue weighted by Gasteiger charge is -2.24. The number of nitrogens with zero attached hydrogens (tertiary/aromatic N) is 1. The van der Waals surface area contributed by atoms with Gasteiger partial charge in [-0.2, -0.15) is 0 Å². The number of aldehydes is 1. The first-order chi connectivity index (χ1) is 7.38. The molecule has 0 amide bonds. The van der Waals surface area contributed by atoms with Gasteiger partial charge in [-0.05, 0) is 49.9 Å². The summed E-state index contributed by atoms with van der Waals surface area (Å²) in [5.74, 6) is 0. The summed E-state index contributed by atoms with van der Waals surface area (Å²) >= 11 is 0. The molecule has 2 aliphatic carbocycles. The highest BCUT2D eigenvalue weighted by Crippen LogP contribution is 2.40. The molecule has 0 atom stereocenters. The van der Waals surface area contributed by atoms with Gasteiger partial charge in [0.2, 0.25) is 0 Å². The molecule has 2 fully saturated rings. The molecule has 0 spiro atoms. The highest BCUT2D eigenvalue weighted by atomic mass is 16.1. The molecule has 2 aliphatic rings. The molecule has 2 saturated carbocycles. The summed E-state index contributed by atoms with van der Waals surface area (Å²) in [6, 6.07) is 9.56. The van der Waals surface area contributed by atoms with Crippen LogP contribution in [0.25, 0.3) is 0 Å². The van der Waals surface area contributed by atoms with E-state index in [1.54, 1.807) is 0 Å². The molecule has 0 radical (unpaired) electrons. The third kappa shape index (κ3) is 1.76. The third-order valence-electron chi connectivity index (χ3n) is 3.21. The van der Waals surface area contributed by atoms with Crippen LogP contribution in [0.4, 0.5) is 5.69 Å². The zero-order chi connectivity index (χ0) is 10.3. The van der Waals surface area contributed by atoms with Crippen LogP contribution in [0.3, 0.4) is 0 Å². The molecule has 1 aromatic rings. The normalized spacial score (nSPS) is 20.0. The van der Waals surface area contributed by atoms with Crippen molar-refractivity contribution in [2.75, 3.05) is 4.90 Å². The Kier molecular flexibility index (Phi) is 2.01. The Hall–Kier alpha value is -1.31. The molecule has 0 aromatic heterocycles. The van der Waals surface area contributed by atoms with Crippen LogP contribution in [-0.2, 0) is 0 Å². The summed E-state index contributed by atoms with van der Waals surface area (Å²) < 4.78 is 0. The Morgan fingerprint density at radius 3 is 1.93 bits per heavy atom. The van der Waals surface area contributed by atoms with Gasteiger partial charge in [0.15, 0.2) is 0 Å². The molecule has 0 saturated heterocycles. The summed E-state index contributed by atoms with van der Waals surface area (Å²) in [6.07, 6.45) is 6.26. The second kappa shape index (κ2) is 3.37.